The largest absolute Gasteiger partial charge is 0.375 e. The first kappa shape index (κ1) is 14.4. The van der Waals surface area contributed by atoms with Crippen LogP contribution in [0, 0.1) is 6.92 Å². The molecule has 0 atom stereocenters. The van der Waals surface area contributed by atoms with Gasteiger partial charge in [-0.2, -0.15) is 0 Å². The van der Waals surface area contributed by atoms with E-state index in [0.717, 1.165) is 11.4 Å². The van der Waals surface area contributed by atoms with Crippen molar-refractivity contribution in [3.63, 3.8) is 0 Å². The van der Waals surface area contributed by atoms with E-state index in [2.05, 4.69) is 50.0 Å². The number of thiazole rings is 1. The van der Waals surface area contributed by atoms with Crippen molar-refractivity contribution in [3.05, 3.63) is 41.1 Å². The zero-order chi connectivity index (χ0) is 14.0. The number of thioether (sulfide) groups is 1. The number of nitrogen functional groups attached to an aromatic ring is 1. The molecule has 1 aromatic carbocycles. The second-order valence-electron chi connectivity index (χ2n) is 5.66. The molecule has 1 heterocycles. The maximum Gasteiger partial charge on any atom is 0.181 e. The van der Waals surface area contributed by atoms with E-state index in [-0.39, 0.29) is 5.41 Å². The van der Waals surface area contributed by atoms with Crippen LogP contribution in [0.2, 0.25) is 0 Å². The van der Waals surface area contributed by atoms with Crippen LogP contribution in [0.3, 0.4) is 0 Å². The van der Waals surface area contributed by atoms with Gasteiger partial charge in [-0.05, 0) is 23.5 Å². The fourth-order valence-corrected chi connectivity index (χ4v) is 3.77. The Balaban J connectivity index is 2.02. The SMILES string of the molecule is Cc1nc(N)sc1SCc1ccc(C(C)(C)C)cc1. The number of aromatic nitrogens is 1. The first-order valence-electron chi connectivity index (χ1n) is 6.31. The summed E-state index contributed by atoms with van der Waals surface area (Å²) in [6.07, 6.45) is 0. The van der Waals surface area contributed by atoms with Crippen molar-refractivity contribution in [2.75, 3.05) is 5.73 Å². The summed E-state index contributed by atoms with van der Waals surface area (Å²) >= 11 is 3.38. The lowest BCUT2D eigenvalue weighted by Crippen LogP contribution is -2.10. The van der Waals surface area contributed by atoms with Crippen molar-refractivity contribution in [2.24, 2.45) is 0 Å². The summed E-state index contributed by atoms with van der Waals surface area (Å²) < 4.78 is 1.22. The molecule has 0 unspecified atom stereocenters. The van der Waals surface area contributed by atoms with Crippen molar-refractivity contribution in [2.45, 2.75) is 43.1 Å². The van der Waals surface area contributed by atoms with Gasteiger partial charge in [-0.25, -0.2) is 4.98 Å². The van der Waals surface area contributed by atoms with Gasteiger partial charge in [0.2, 0.25) is 0 Å². The molecule has 0 radical (unpaired) electrons. The van der Waals surface area contributed by atoms with Gasteiger partial charge < -0.3 is 5.73 Å². The quantitative estimate of drug-likeness (QED) is 0.839. The minimum absolute atomic E-state index is 0.217. The second kappa shape index (κ2) is 5.55. The van der Waals surface area contributed by atoms with Crippen LogP contribution in [-0.2, 0) is 11.2 Å². The van der Waals surface area contributed by atoms with Crippen molar-refractivity contribution in [3.8, 4) is 0 Å². The Labute approximate surface area is 123 Å². The molecule has 2 nitrogen and oxygen atoms in total. The standard InChI is InChI=1S/C15H20N2S2/c1-10-13(19-14(16)17-10)18-9-11-5-7-12(8-6-11)15(2,3)4/h5-8H,9H2,1-4H3,(H2,16,17). The molecule has 0 aliphatic carbocycles. The van der Waals surface area contributed by atoms with Crippen LogP contribution in [0.1, 0.15) is 37.6 Å². The number of nitrogens with zero attached hydrogens (tertiary/aromatic N) is 1. The molecule has 0 bridgehead atoms. The monoisotopic (exact) mass is 292 g/mol. The highest BCUT2D eigenvalue weighted by atomic mass is 32.2. The second-order valence-corrected chi connectivity index (χ2v) is 7.94. The fraction of sp³-hybridized carbons (Fsp3) is 0.400. The minimum atomic E-state index is 0.217. The molecule has 0 aliphatic heterocycles. The van der Waals surface area contributed by atoms with Gasteiger partial charge in [-0.1, -0.05) is 56.4 Å². The maximum absolute atomic E-state index is 5.71. The molecule has 0 amide bonds. The smallest absolute Gasteiger partial charge is 0.181 e. The summed E-state index contributed by atoms with van der Waals surface area (Å²) in [7, 11) is 0. The Morgan fingerprint density at radius 3 is 2.32 bits per heavy atom. The number of aryl methyl sites for hydroxylation is 1. The molecule has 0 spiro atoms. The van der Waals surface area contributed by atoms with Gasteiger partial charge in [0.15, 0.2) is 5.13 Å². The highest BCUT2D eigenvalue weighted by Gasteiger charge is 2.13. The molecule has 4 heteroatoms. The third-order valence-electron chi connectivity index (χ3n) is 2.96. The Hall–Kier alpha value is -1.00. The van der Waals surface area contributed by atoms with Crippen LogP contribution >= 0.6 is 23.1 Å². The molecular formula is C15H20N2S2. The molecule has 0 aliphatic rings. The molecular weight excluding hydrogens is 272 g/mol. The van der Waals surface area contributed by atoms with Crippen LogP contribution in [0.5, 0.6) is 0 Å². The van der Waals surface area contributed by atoms with E-state index in [0.29, 0.717) is 5.13 Å². The summed E-state index contributed by atoms with van der Waals surface area (Å²) in [5, 5.41) is 0.656. The van der Waals surface area contributed by atoms with E-state index in [4.69, 9.17) is 5.73 Å². The van der Waals surface area contributed by atoms with E-state index in [9.17, 15) is 0 Å². The number of nitrogens with two attached hydrogens (primary N) is 1. The molecule has 19 heavy (non-hydrogen) atoms. The van der Waals surface area contributed by atoms with E-state index in [1.165, 1.54) is 15.3 Å². The summed E-state index contributed by atoms with van der Waals surface area (Å²) in [6.45, 7) is 8.72. The van der Waals surface area contributed by atoms with Gasteiger partial charge in [-0.3, -0.25) is 0 Å². The first-order valence-corrected chi connectivity index (χ1v) is 8.11. The fourth-order valence-electron chi connectivity index (χ4n) is 1.79. The highest BCUT2D eigenvalue weighted by Crippen LogP contribution is 2.33. The van der Waals surface area contributed by atoms with Crippen molar-refractivity contribution < 1.29 is 0 Å². The van der Waals surface area contributed by atoms with E-state index in [1.807, 2.05) is 18.7 Å². The Kier molecular flexibility index (Phi) is 4.21. The number of rotatable bonds is 3. The minimum Gasteiger partial charge on any atom is -0.375 e. The predicted octanol–water partition coefficient (Wildman–Crippen LogP) is 4.62. The lowest BCUT2D eigenvalue weighted by Gasteiger charge is -2.19. The summed E-state index contributed by atoms with van der Waals surface area (Å²) in [6, 6.07) is 8.88. The molecule has 0 saturated heterocycles. The van der Waals surface area contributed by atoms with Crippen molar-refractivity contribution >= 4 is 28.2 Å². The molecule has 2 aromatic rings. The van der Waals surface area contributed by atoms with Gasteiger partial charge in [0.1, 0.15) is 0 Å². The number of hydrogen-bond donors (Lipinski definition) is 1. The topological polar surface area (TPSA) is 38.9 Å². The third kappa shape index (κ3) is 3.74. The Morgan fingerprint density at radius 2 is 1.84 bits per heavy atom. The number of benzene rings is 1. The van der Waals surface area contributed by atoms with Gasteiger partial charge in [0.05, 0.1) is 9.90 Å². The van der Waals surface area contributed by atoms with E-state index in [1.54, 1.807) is 11.3 Å². The zero-order valence-electron chi connectivity index (χ0n) is 11.9. The van der Waals surface area contributed by atoms with Crippen LogP contribution in [-0.4, -0.2) is 4.98 Å². The number of anilines is 1. The Bertz CT molecular complexity index is 551. The summed E-state index contributed by atoms with van der Waals surface area (Å²) in [4.78, 5) is 4.25. The van der Waals surface area contributed by atoms with Gasteiger partial charge in [0, 0.05) is 5.75 Å². The zero-order valence-corrected chi connectivity index (χ0v) is 13.5. The van der Waals surface area contributed by atoms with Crippen LogP contribution < -0.4 is 5.73 Å². The van der Waals surface area contributed by atoms with Crippen LogP contribution in [0.4, 0.5) is 5.13 Å². The van der Waals surface area contributed by atoms with Gasteiger partial charge >= 0.3 is 0 Å². The van der Waals surface area contributed by atoms with E-state index >= 15 is 0 Å². The summed E-state index contributed by atoms with van der Waals surface area (Å²) in [5.41, 5.74) is 9.68. The van der Waals surface area contributed by atoms with Gasteiger partial charge in [0.25, 0.3) is 0 Å². The molecule has 0 saturated carbocycles. The lowest BCUT2D eigenvalue weighted by molar-refractivity contribution is 0.590. The van der Waals surface area contributed by atoms with E-state index < -0.39 is 0 Å². The normalized spacial score (nSPS) is 11.8. The average Bonchev–Trinajstić information content (AvgIpc) is 2.65. The predicted molar refractivity (Wildman–Crippen MR) is 86.0 cm³/mol. The summed E-state index contributed by atoms with van der Waals surface area (Å²) in [5.74, 6) is 0.965. The molecule has 2 rings (SSSR count). The maximum atomic E-state index is 5.71. The Morgan fingerprint density at radius 1 is 1.21 bits per heavy atom. The molecule has 102 valence electrons. The highest BCUT2D eigenvalue weighted by molar-refractivity contribution is 8.00. The van der Waals surface area contributed by atoms with Crippen LogP contribution in [0.15, 0.2) is 28.5 Å². The number of hydrogen-bond acceptors (Lipinski definition) is 4. The van der Waals surface area contributed by atoms with Crippen LogP contribution in [0.25, 0.3) is 0 Å². The molecule has 1 aromatic heterocycles. The average molecular weight is 292 g/mol. The van der Waals surface area contributed by atoms with Gasteiger partial charge in [-0.15, -0.1) is 11.8 Å². The third-order valence-corrected chi connectivity index (χ3v) is 5.38. The lowest BCUT2D eigenvalue weighted by atomic mass is 9.87. The van der Waals surface area contributed by atoms with Crippen molar-refractivity contribution in [1.29, 1.82) is 0 Å². The molecule has 0 fully saturated rings. The first-order chi connectivity index (χ1) is 8.86. The van der Waals surface area contributed by atoms with Crippen molar-refractivity contribution in [1.82, 2.24) is 4.98 Å². The molecule has 2 N–H and O–H groups in total.